The average molecular weight is 639 g/mol. The first kappa shape index (κ1) is 33.3. The van der Waals surface area contributed by atoms with Crippen LogP contribution >= 0.6 is 0 Å². The Balaban J connectivity index is 1.39. The number of ether oxygens (including phenoxy) is 4. The number of rotatable bonds is 14. The van der Waals surface area contributed by atoms with Crippen LogP contribution in [0.4, 0.5) is 5.69 Å². The normalized spacial score (nSPS) is 14.6. The monoisotopic (exact) mass is 638 g/mol. The maximum atomic E-state index is 13.8. The third kappa shape index (κ3) is 9.19. The standard InChI is InChI=1S/C32H38N4O8S/c1-22-14-23(2)16-25(15-22)36(45(39,40)28-11-12-29(41-3)30(17-28)42-4)20-31(37)35-34-18-24-7-9-26(10-8-24)44-21-32(38)33-19-27-6-5-13-43-27/h7-12,14-18,27H,5-6,13,19-21H2,1-4H3,(H,33,38)(H,35,37)/b34-18-/t27-/m0/s1. The predicted octanol–water partition coefficient (Wildman–Crippen LogP) is 3.34. The van der Waals surface area contributed by atoms with Crippen LogP contribution in [0.2, 0.25) is 0 Å². The number of benzene rings is 3. The number of nitrogens with zero attached hydrogens (tertiary/aromatic N) is 2. The van der Waals surface area contributed by atoms with Crippen molar-refractivity contribution in [2.24, 2.45) is 5.10 Å². The smallest absolute Gasteiger partial charge is 0.264 e. The molecule has 4 rings (SSSR count). The van der Waals surface area contributed by atoms with E-state index >= 15 is 0 Å². The van der Waals surface area contributed by atoms with Gasteiger partial charge < -0.3 is 24.3 Å². The number of hydrogen-bond acceptors (Lipinski definition) is 9. The number of methoxy groups -OCH3 is 2. The SMILES string of the molecule is COc1ccc(S(=O)(=O)N(CC(=O)N/N=C\c2ccc(OCC(=O)NC[C@@H]3CCCO3)cc2)c2cc(C)cc(C)c2)cc1OC. The summed E-state index contributed by atoms with van der Waals surface area (Å²) in [5, 5.41) is 6.79. The number of anilines is 1. The van der Waals surface area contributed by atoms with E-state index in [1.807, 2.05) is 19.9 Å². The van der Waals surface area contributed by atoms with Crippen molar-refractivity contribution in [1.29, 1.82) is 0 Å². The Bertz CT molecular complexity index is 1600. The van der Waals surface area contributed by atoms with Crippen LogP contribution in [-0.2, 0) is 24.3 Å². The van der Waals surface area contributed by atoms with Crippen LogP contribution in [0.1, 0.15) is 29.5 Å². The number of carbonyl (C=O) groups excluding carboxylic acids is 2. The molecule has 3 aromatic carbocycles. The van der Waals surface area contributed by atoms with Gasteiger partial charge in [-0.15, -0.1) is 0 Å². The van der Waals surface area contributed by atoms with Crippen LogP contribution in [0.15, 0.2) is 70.7 Å². The maximum Gasteiger partial charge on any atom is 0.264 e. The second-order valence-corrected chi connectivity index (χ2v) is 12.3. The number of sulfonamides is 1. The van der Waals surface area contributed by atoms with Crippen molar-refractivity contribution in [1.82, 2.24) is 10.7 Å². The van der Waals surface area contributed by atoms with Crippen LogP contribution in [0.5, 0.6) is 17.2 Å². The minimum absolute atomic E-state index is 0.0600. The van der Waals surface area contributed by atoms with Crippen LogP contribution in [0, 0.1) is 13.8 Å². The van der Waals surface area contributed by atoms with Crippen molar-refractivity contribution < 1.29 is 37.0 Å². The summed E-state index contributed by atoms with van der Waals surface area (Å²) in [7, 11) is -1.34. The molecule has 0 aliphatic carbocycles. The fourth-order valence-electron chi connectivity index (χ4n) is 4.74. The molecule has 3 aromatic rings. The highest BCUT2D eigenvalue weighted by atomic mass is 32.2. The summed E-state index contributed by atoms with van der Waals surface area (Å²) in [6, 6.07) is 16.3. The van der Waals surface area contributed by atoms with E-state index in [1.165, 1.54) is 38.6 Å². The van der Waals surface area contributed by atoms with Crippen molar-refractivity contribution in [3.63, 3.8) is 0 Å². The summed E-state index contributed by atoms with van der Waals surface area (Å²) in [5.74, 6) is 0.219. The average Bonchev–Trinajstić information content (AvgIpc) is 3.55. The van der Waals surface area contributed by atoms with E-state index in [9.17, 15) is 18.0 Å². The first-order chi connectivity index (χ1) is 21.6. The molecule has 13 heteroatoms. The molecule has 0 saturated carbocycles. The van der Waals surface area contributed by atoms with Crippen molar-refractivity contribution in [2.75, 3.05) is 44.8 Å². The van der Waals surface area contributed by atoms with Crippen LogP contribution in [0.25, 0.3) is 0 Å². The van der Waals surface area contributed by atoms with Crippen LogP contribution in [0.3, 0.4) is 0 Å². The fourth-order valence-corrected chi connectivity index (χ4v) is 6.16. The fraction of sp³-hybridized carbons (Fsp3) is 0.344. The Morgan fingerprint density at radius 2 is 1.69 bits per heavy atom. The van der Waals surface area contributed by atoms with E-state index in [1.54, 1.807) is 36.4 Å². The third-order valence-corrected chi connectivity index (χ3v) is 8.70. The molecule has 0 unspecified atom stereocenters. The number of hydrazone groups is 1. The van der Waals surface area contributed by atoms with Gasteiger partial charge in [0.2, 0.25) is 0 Å². The highest BCUT2D eigenvalue weighted by molar-refractivity contribution is 7.92. The summed E-state index contributed by atoms with van der Waals surface area (Å²) >= 11 is 0. The van der Waals surface area contributed by atoms with E-state index in [0.717, 1.165) is 34.9 Å². The van der Waals surface area contributed by atoms with Gasteiger partial charge in [-0.2, -0.15) is 5.10 Å². The topological polar surface area (TPSA) is 145 Å². The molecule has 0 radical (unpaired) electrons. The summed E-state index contributed by atoms with van der Waals surface area (Å²) in [6.07, 6.45) is 3.42. The molecule has 12 nitrogen and oxygen atoms in total. The molecule has 0 bridgehead atoms. The van der Waals surface area contributed by atoms with Crippen molar-refractivity contribution in [3.05, 3.63) is 77.4 Å². The molecule has 1 aliphatic rings. The zero-order valence-corrected chi connectivity index (χ0v) is 26.6. The van der Waals surface area contributed by atoms with Gasteiger partial charge in [0.15, 0.2) is 18.1 Å². The molecule has 2 N–H and O–H groups in total. The largest absolute Gasteiger partial charge is 0.493 e. The number of amides is 2. The lowest BCUT2D eigenvalue weighted by atomic mass is 10.1. The summed E-state index contributed by atoms with van der Waals surface area (Å²) in [4.78, 5) is 25.0. The molecular weight excluding hydrogens is 600 g/mol. The van der Waals surface area contributed by atoms with E-state index in [-0.39, 0.29) is 29.3 Å². The maximum absolute atomic E-state index is 13.8. The summed E-state index contributed by atoms with van der Waals surface area (Å²) < 4.78 is 50.3. The first-order valence-electron chi connectivity index (χ1n) is 14.3. The molecule has 240 valence electrons. The van der Waals surface area contributed by atoms with E-state index < -0.39 is 22.5 Å². The Hall–Kier alpha value is -4.62. The predicted molar refractivity (Wildman–Crippen MR) is 170 cm³/mol. The Labute approximate surface area is 263 Å². The van der Waals surface area contributed by atoms with Gasteiger partial charge >= 0.3 is 0 Å². The van der Waals surface area contributed by atoms with Crippen molar-refractivity contribution in [2.45, 2.75) is 37.7 Å². The summed E-state index contributed by atoms with van der Waals surface area (Å²) in [5.41, 5.74) is 5.05. The highest BCUT2D eigenvalue weighted by Crippen LogP contribution is 2.32. The molecule has 1 saturated heterocycles. The van der Waals surface area contributed by atoms with Crippen molar-refractivity contribution >= 4 is 33.7 Å². The number of aryl methyl sites for hydroxylation is 2. The molecule has 1 fully saturated rings. The summed E-state index contributed by atoms with van der Waals surface area (Å²) in [6.45, 7) is 4.23. The molecule has 1 heterocycles. The van der Waals surface area contributed by atoms with Gasteiger partial charge in [0, 0.05) is 19.2 Å². The lowest BCUT2D eigenvalue weighted by Crippen LogP contribution is -2.39. The third-order valence-electron chi connectivity index (χ3n) is 6.93. The zero-order chi connectivity index (χ0) is 32.4. The Kier molecular flexibility index (Phi) is 11.4. The molecule has 1 aliphatic heterocycles. The van der Waals surface area contributed by atoms with Gasteiger partial charge in [-0.05, 0) is 91.9 Å². The number of carbonyl (C=O) groups is 2. The van der Waals surface area contributed by atoms with Gasteiger partial charge in [0.1, 0.15) is 12.3 Å². The second-order valence-electron chi connectivity index (χ2n) is 10.5. The molecule has 0 aromatic heterocycles. The Morgan fingerprint density at radius 3 is 2.33 bits per heavy atom. The van der Waals surface area contributed by atoms with E-state index in [4.69, 9.17) is 18.9 Å². The minimum atomic E-state index is -4.21. The quantitative estimate of drug-likeness (QED) is 0.202. The Morgan fingerprint density at radius 1 is 0.978 bits per heavy atom. The first-order valence-corrected chi connectivity index (χ1v) is 15.8. The van der Waals surface area contributed by atoms with E-state index in [2.05, 4.69) is 15.8 Å². The zero-order valence-electron chi connectivity index (χ0n) is 25.7. The van der Waals surface area contributed by atoms with Crippen LogP contribution < -0.4 is 29.3 Å². The molecule has 1 atom stereocenters. The lowest BCUT2D eigenvalue weighted by molar-refractivity contribution is -0.123. The van der Waals surface area contributed by atoms with Gasteiger partial charge in [-0.1, -0.05) is 6.07 Å². The van der Waals surface area contributed by atoms with Crippen molar-refractivity contribution in [3.8, 4) is 17.2 Å². The van der Waals surface area contributed by atoms with Gasteiger partial charge in [-0.3, -0.25) is 13.9 Å². The second kappa shape index (κ2) is 15.4. The number of hydrogen-bond donors (Lipinski definition) is 2. The van der Waals surface area contributed by atoms with E-state index in [0.29, 0.717) is 29.3 Å². The van der Waals surface area contributed by atoms with Gasteiger partial charge in [0.05, 0.1) is 37.1 Å². The molecule has 45 heavy (non-hydrogen) atoms. The molecular formula is C32H38N4O8S. The minimum Gasteiger partial charge on any atom is -0.493 e. The molecule has 0 spiro atoms. The van der Waals surface area contributed by atoms with Gasteiger partial charge in [0.25, 0.3) is 21.8 Å². The number of nitrogens with one attached hydrogen (secondary N) is 2. The lowest BCUT2D eigenvalue weighted by Gasteiger charge is -2.25. The molecule has 2 amide bonds. The van der Waals surface area contributed by atoms with Crippen LogP contribution in [-0.4, -0.2) is 73.1 Å². The highest BCUT2D eigenvalue weighted by Gasteiger charge is 2.29. The van der Waals surface area contributed by atoms with Gasteiger partial charge in [-0.25, -0.2) is 13.8 Å².